The minimum Gasteiger partial charge on any atom is -0.309 e. The van der Waals surface area contributed by atoms with Crippen molar-refractivity contribution in [3.8, 4) is 0 Å². The molecule has 3 nitrogen and oxygen atoms in total. The van der Waals surface area contributed by atoms with Gasteiger partial charge in [-0.15, -0.1) is 0 Å². The first-order valence-electron chi connectivity index (χ1n) is 2.70. The molecule has 50 valence electrons. The summed E-state index contributed by atoms with van der Waals surface area (Å²) in [5.74, 6) is 0.499. The summed E-state index contributed by atoms with van der Waals surface area (Å²) >= 11 is 0. The van der Waals surface area contributed by atoms with Gasteiger partial charge in [0.2, 0.25) is 0 Å². The van der Waals surface area contributed by atoms with Crippen LogP contribution in [0.1, 0.15) is 13.8 Å². The maximum atomic E-state index is 10.6. The van der Waals surface area contributed by atoms with E-state index in [1.807, 2.05) is 0 Å². The van der Waals surface area contributed by atoms with Crippen LogP contribution in [0.25, 0.3) is 0 Å². The van der Waals surface area contributed by atoms with E-state index >= 15 is 0 Å². The lowest BCUT2D eigenvalue weighted by atomic mass is 10.2. The van der Waals surface area contributed by atoms with Crippen molar-refractivity contribution < 1.29 is 9.59 Å². The Labute approximate surface area is 54.4 Å². The lowest BCUT2D eigenvalue weighted by molar-refractivity contribution is -0.120. The highest BCUT2D eigenvalue weighted by molar-refractivity contribution is 5.89. The molecule has 1 amide bonds. The van der Waals surface area contributed by atoms with Crippen molar-refractivity contribution >= 4 is 12.2 Å². The third kappa shape index (κ3) is 3.58. The van der Waals surface area contributed by atoms with E-state index in [2.05, 4.69) is 5.32 Å². The molecule has 0 fully saturated rings. The average molecular weight is 128 g/mol. The third-order valence-corrected chi connectivity index (χ3v) is 0.800. The van der Waals surface area contributed by atoms with Gasteiger partial charge in [-0.1, -0.05) is 0 Å². The molecule has 0 aliphatic heterocycles. The van der Waals surface area contributed by atoms with Gasteiger partial charge >= 0.3 is 5.91 Å². The van der Waals surface area contributed by atoms with Crippen molar-refractivity contribution in [1.29, 1.82) is 0 Å². The van der Waals surface area contributed by atoms with Crippen LogP contribution in [-0.2, 0) is 9.59 Å². The molecule has 0 heterocycles. The first kappa shape index (κ1) is 8.01. The van der Waals surface area contributed by atoms with Crippen molar-refractivity contribution in [1.82, 2.24) is 5.32 Å². The van der Waals surface area contributed by atoms with Crippen molar-refractivity contribution in [2.45, 2.75) is 13.8 Å². The SMILES string of the molecule is C[C+](C)C(=O)NCC=O. The van der Waals surface area contributed by atoms with Gasteiger partial charge in [-0.2, -0.15) is 0 Å². The summed E-state index contributed by atoms with van der Waals surface area (Å²) < 4.78 is 0. The summed E-state index contributed by atoms with van der Waals surface area (Å²) in [7, 11) is 0. The normalized spacial score (nSPS) is 8.22. The van der Waals surface area contributed by atoms with E-state index in [-0.39, 0.29) is 12.5 Å². The number of nitrogens with one attached hydrogen (secondary N) is 1. The molecular formula is C6H10NO2+. The van der Waals surface area contributed by atoms with E-state index in [4.69, 9.17) is 0 Å². The average Bonchev–Trinajstić information content (AvgIpc) is 1.82. The van der Waals surface area contributed by atoms with Crippen LogP contribution in [0.15, 0.2) is 0 Å². The highest BCUT2D eigenvalue weighted by Crippen LogP contribution is 1.91. The molecule has 0 atom stereocenters. The second kappa shape index (κ2) is 3.95. The van der Waals surface area contributed by atoms with Crippen LogP contribution in [0.4, 0.5) is 0 Å². The smallest absolute Gasteiger partial charge is 0.309 e. The van der Waals surface area contributed by atoms with Gasteiger partial charge in [0, 0.05) is 0 Å². The fourth-order valence-electron chi connectivity index (χ4n) is 0.311. The number of carbonyl (C=O) groups excluding carboxylic acids is 2. The number of hydrogen-bond acceptors (Lipinski definition) is 2. The summed E-state index contributed by atoms with van der Waals surface area (Å²) in [5, 5.41) is 2.39. The van der Waals surface area contributed by atoms with Crippen molar-refractivity contribution in [2.24, 2.45) is 0 Å². The van der Waals surface area contributed by atoms with Gasteiger partial charge in [0.25, 0.3) is 0 Å². The Morgan fingerprint density at radius 3 is 2.56 bits per heavy atom. The van der Waals surface area contributed by atoms with Gasteiger partial charge < -0.3 is 10.1 Å². The van der Waals surface area contributed by atoms with Gasteiger partial charge in [-0.3, -0.25) is 0 Å². The fourth-order valence-corrected chi connectivity index (χ4v) is 0.311. The van der Waals surface area contributed by atoms with Gasteiger partial charge in [0.15, 0.2) is 5.92 Å². The van der Waals surface area contributed by atoms with E-state index in [1.54, 1.807) is 13.8 Å². The van der Waals surface area contributed by atoms with E-state index < -0.39 is 0 Å². The Hall–Kier alpha value is -0.990. The van der Waals surface area contributed by atoms with Crippen LogP contribution in [0.5, 0.6) is 0 Å². The van der Waals surface area contributed by atoms with E-state index in [9.17, 15) is 9.59 Å². The monoisotopic (exact) mass is 128 g/mol. The molecule has 3 heteroatoms. The molecule has 9 heavy (non-hydrogen) atoms. The zero-order valence-electron chi connectivity index (χ0n) is 5.60. The molecule has 0 aliphatic carbocycles. The standard InChI is InChI=1S/C6H9NO2/c1-5(2)6(9)7-3-4-8/h4H,3H2,1-2H3/p+1. The minimum absolute atomic E-state index is 0.101. The Kier molecular flexibility index (Phi) is 3.51. The second-order valence-corrected chi connectivity index (χ2v) is 1.88. The van der Waals surface area contributed by atoms with Crippen molar-refractivity contribution in [3.05, 3.63) is 5.92 Å². The highest BCUT2D eigenvalue weighted by Gasteiger charge is 2.16. The summed E-state index contributed by atoms with van der Waals surface area (Å²) in [6.45, 7) is 3.49. The molecule has 0 rings (SSSR count). The quantitative estimate of drug-likeness (QED) is 0.426. The molecule has 0 radical (unpaired) electrons. The summed E-state index contributed by atoms with van der Waals surface area (Å²) in [4.78, 5) is 20.3. The Morgan fingerprint density at radius 2 is 2.22 bits per heavy atom. The summed E-state index contributed by atoms with van der Waals surface area (Å²) in [5.41, 5.74) is 0. The van der Waals surface area contributed by atoms with Crippen molar-refractivity contribution in [3.63, 3.8) is 0 Å². The van der Waals surface area contributed by atoms with E-state index in [0.29, 0.717) is 12.2 Å². The zero-order valence-corrected chi connectivity index (χ0v) is 5.60. The largest absolute Gasteiger partial charge is 0.404 e. The Morgan fingerprint density at radius 1 is 1.67 bits per heavy atom. The summed E-state index contributed by atoms with van der Waals surface area (Å²) in [6, 6.07) is 0. The van der Waals surface area contributed by atoms with E-state index in [1.165, 1.54) is 0 Å². The molecule has 0 aliphatic rings. The lowest BCUT2D eigenvalue weighted by Gasteiger charge is -1.91. The van der Waals surface area contributed by atoms with E-state index in [0.717, 1.165) is 0 Å². The summed E-state index contributed by atoms with van der Waals surface area (Å²) in [6.07, 6.45) is 0.654. The van der Waals surface area contributed by atoms with Crippen LogP contribution in [0, 0.1) is 5.92 Å². The number of amides is 1. The Bertz CT molecular complexity index is 110. The van der Waals surface area contributed by atoms with Gasteiger partial charge in [-0.25, -0.2) is 4.79 Å². The highest BCUT2D eigenvalue weighted by atomic mass is 16.2. The van der Waals surface area contributed by atoms with Crippen LogP contribution >= 0.6 is 0 Å². The predicted octanol–water partition coefficient (Wildman–Crippen LogP) is -0.0842. The predicted molar refractivity (Wildman–Crippen MR) is 33.7 cm³/mol. The van der Waals surface area contributed by atoms with Gasteiger partial charge in [0.1, 0.15) is 6.29 Å². The lowest BCUT2D eigenvalue weighted by Crippen LogP contribution is -2.27. The molecule has 0 bridgehead atoms. The minimum atomic E-state index is -0.165. The second-order valence-electron chi connectivity index (χ2n) is 1.88. The van der Waals surface area contributed by atoms with Crippen LogP contribution in [-0.4, -0.2) is 18.7 Å². The third-order valence-electron chi connectivity index (χ3n) is 0.800. The van der Waals surface area contributed by atoms with Crippen LogP contribution < -0.4 is 5.32 Å². The molecule has 0 saturated carbocycles. The van der Waals surface area contributed by atoms with Crippen LogP contribution in [0.3, 0.4) is 0 Å². The zero-order chi connectivity index (χ0) is 7.28. The molecular weight excluding hydrogens is 118 g/mol. The molecule has 0 aromatic rings. The fraction of sp³-hybridized carbons (Fsp3) is 0.500. The van der Waals surface area contributed by atoms with Gasteiger partial charge in [0.05, 0.1) is 20.4 Å². The first-order chi connectivity index (χ1) is 4.18. The molecule has 0 aromatic carbocycles. The Balaban J connectivity index is 3.38. The topological polar surface area (TPSA) is 46.2 Å². The molecule has 0 unspecified atom stereocenters. The van der Waals surface area contributed by atoms with Crippen molar-refractivity contribution in [2.75, 3.05) is 6.54 Å². The number of carbonyl (C=O) groups is 2. The maximum absolute atomic E-state index is 10.6. The molecule has 0 aromatic heterocycles. The molecule has 0 saturated heterocycles. The molecule has 0 spiro atoms. The number of hydrogen-bond donors (Lipinski definition) is 1. The number of aldehydes is 1. The van der Waals surface area contributed by atoms with Gasteiger partial charge in [-0.05, 0) is 0 Å². The first-order valence-corrected chi connectivity index (χ1v) is 2.70. The number of rotatable bonds is 3. The molecule has 1 N–H and O–H groups in total. The van der Waals surface area contributed by atoms with Crippen LogP contribution in [0.2, 0.25) is 0 Å². The maximum Gasteiger partial charge on any atom is 0.404 e.